The molecule has 0 aliphatic rings. The van der Waals surface area contributed by atoms with Crippen molar-refractivity contribution in [3.05, 3.63) is 53.1 Å². The molecule has 1 N–H and O–H groups in total. The summed E-state index contributed by atoms with van der Waals surface area (Å²) in [6.07, 6.45) is 0.467. The van der Waals surface area contributed by atoms with E-state index in [4.69, 9.17) is 19.3 Å². The van der Waals surface area contributed by atoms with E-state index in [1.807, 2.05) is 32.0 Å². The van der Waals surface area contributed by atoms with E-state index >= 15 is 0 Å². The minimum atomic E-state index is -0.833. The first-order chi connectivity index (χ1) is 12.0. The largest absolute Gasteiger partial charge is 0.497 e. The molecule has 0 saturated heterocycles. The molecule has 0 amide bonds. The summed E-state index contributed by atoms with van der Waals surface area (Å²) in [5, 5.41) is 8.87. The van der Waals surface area contributed by atoms with Crippen LogP contribution in [-0.2, 0) is 11.2 Å². The van der Waals surface area contributed by atoms with Gasteiger partial charge >= 0.3 is 5.97 Å². The highest BCUT2D eigenvalue weighted by atomic mass is 16.5. The van der Waals surface area contributed by atoms with Crippen molar-refractivity contribution in [1.82, 2.24) is 0 Å². The predicted octanol–water partition coefficient (Wildman–Crippen LogP) is 3.79. The lowest BCUT2D eigenvalue weighted by Gasteiger charge is -2.13. The van der Waals surface area contributed by atoms with Crippen LogP contribution in [0.3, 0.4) is 0 Å². The summed E-state index contributed by atoms with van der Waals surface area (Å²) < 4.78 is 16.7. The first-order valence-electron chi connectivity index (χ1n) is 8.20. The van der Waals surface area contributed by atoms with Gasteiger partial charge in [0, 0.05) is 12.5 Å². The predicted molar refractivity (Wildman–Crippen MR) is 95.9 cm³/mol. The molecule has 0 radical (unpaired) electrons. The van der Waals surface area contributed by atoms with Crippen LogP contribution in [0.15, 0.2) is 36.4 Å². The molecule has 5 nitrogen and oxygen atoms in total. The van der Waals surface area contributed by atoms with Crippen LogP contribution in [0.2, 0.25) is 0 Å². The zero-order valence-electron chi connectivity index (χ0n) is 14.9. The summed E-state index contributed by atoms with van der Waals surface area (Å²) in [5.74, 6) is 1.28. The number of hydrogen-bond acceptors (Lipinski definition) is 4. The molecule has 2 rings (SSSR count). The zero-order valence-corrected chi connectivity index (χ0v) is 14.9. The molecular weight excluding hydrogens is 320 g/mol. The number of aryl methyl sites for hydroxylation is 3. The minimum Gasteiger partial charge on any atom is -0.497 e. The molecule has 0 saturated carbocycles. The molecular formula is C20H24O5. The van der Waals surface area contributed by atoms with E-state index in [1.54, 1.807) is 19.2 Å². The van der Waals surface area contributed by atoms with Gasteiger partial charge in [-0.15, -0.1) is 0 Å². The molecule has 0 aliphatic heterocycles. The van der Waals surface area contributed by atoms with Crippen LogP contribution >= 0.6 is 0 Å². The second-order valence-corrected chi connectivity index (χ2v) is 5.89. The van der Waals surface area contributed by atoms with Crippen LogP contribution < -0.4 is 14.2 Å². The van der Waals surface area contributed by atoms with E-state index in [9.17, 15) is 4.79 Å². The second-order valence-electron chi connectivity index (χ2n) is 5.89. The van der Waals surface area contributed by atoms with Gasteiger partial charge in [-0.25, -0.2) is 0 Å². The van der Waals surface area contributed by atoms with Gasteiger partial charge in [-0.2, -0.15) is 0 Å². The molecule has 5 heteroatoms. The van der Waals surface area contributed by atoms with Crippen molar-refractivity contribution in [2.45, 2.75) is 26.7 Å². The number of rotatable bonds is 9. The van der Waals surface area contributed by atoms with Gasteiger partial charge in [-0.1, -0.05) is 12.1 Å². The quantitative estimate of drug-likeness (QED) is 0.701. The van der Waals surface area contributed by atoms with Gasteiger partial charge in [0.05, 0.1) is 7.11 Å². The topological polar surface area (TPSA) is 65.0 Å². The van der Waals surface area contributed by atoms with E-state index < -0.39 is 5.97 Å². The Labute approximate surface area is 148 Å². The molecule has 0 aliphatic carbocycles. The molecule has 0 spiro atoms. The summed E-state index contributed by atoms with van der Waals surface area (Å²) in [4.78, 5) is 10.8. The van der Waals surface area contributed by atoms with Crippen molar-refractivity contribution in [2.75, 3.05) is 20.3 Å². The fourth-order valence-electron chi connectivity index (χ4n) is 2.57. The van der Waals surface area contributed by atoms with Crippen molar-refractivity contribution in [3.8, 4) is 17.2 Å². The van der Waals surface area contributed by atoms with Gasteiger partial charge in [-0.3, -0.25) is 4.79 Å². The summed E-state index contributed by atoms with van der Waals surface area (Å²) >= 11 is 0. The molecule has 0 bridgehead atoms. The Bertz CT molecular complexity index is 704. The molecule has 0 unspecified atom stereocenters. The SMILES string of the molecule is COc1ccc(CCC(=O)O)c(OCCOc2cc(C)cc(C)c2)c1. The molecule has 25 heavy (non-hydrogen) atoms. The maximum absolute atomic E-state index is 10.8. The van der Waals surface area contributed by atoms with Gasteiger partial charge in [0.1, 0.15) is 30.5 Å². The smallest absolute Gasteiger partial charge is 0.303 e. The highest BCUT2D eigenvalue weighted by Gasteiger charge is 2.08. The van der Waals surface area contributed by atoms with Gasteiger partial charge < -0.3 is 19.3 Å². The van der Waals surface area contributed by atoms with Crippen molar-refractivity contribution in [3.63, 3.8) is 0 Å². The van der Waals surface area contributed by atoms with E-state index in [1.165, 1.54) is 0 Å². The Hall–Kier alpha value is -2.69. The fourth-order valence-corrected chi connectivity index (χ4v) is 2.57. The van der Waals surface area contributed by atoms with Gasteiger partial charge in [0.2, 0.25) is 0 Å². The number of carboxylic acid groups (broad SMARTS) is 1. The van der Waals surface area contributed by atoms with Crippen LogP contribution in [0.4, 0.5) is 0 Å². The molecule has 0 aromatic heterocycles. The van der Waals surface area contributed by atoms with Crippen LogP contribution in [0.1, 0.15) is 23.1 Å². The zero-order chi connectivity index (χ0) is 18.2. The second kappa shape index (κ2) is 8.97. The third-order valence-corrected chi connectivity index (χ3v) is 3.69. The average molecular weight is 344 g/mol. The Morgan fingerprint density at radius 3 is 2.28 bits per heavy atom. The standard InChI is InChI=1S/C20H24O5/c1-14-10-15(2)12-18(11-14)24-8-9-25-19-13-17(23-3)6-4-16(19)5-7-20(21)22/h4,6,10-13H,5,7-9H2,1-3H3,(H,21,22). The lowest BCUT2D eigenvalue weighted by molar-refractivity contribution is -0.136. The summed E-state index contributed by atoms with van der Waals surface area (Å²) in [6, 6.07) is 11.5. The van der Waals surface area contributed by atoms with Crippen molar-refractivity contribution < 1.29 is 24.1 Å². The Kier molecular flexibility index (Phi) is 6.69. The molecule has 134 valence electrons. The monoisotopic (exact) mass is 344 g/mol. The van der Waals surface area contributed by atoms with Crippen LogP contribution in [0, 0.1) is 13.8 Å². The van der Waals surface area contributed by atoms with E-state index in [0.717, 1.165) is 22.4 Å². The molecule has 0 heterocycles. The molecule has 0 fully saturated rings. The maximum Gasteiger partial charge on any atom is 0.303 e. The van der Waals surface area contributed by atoms with E-state index in [0.29, 0.717) is 31.1 Å². The third-order valence-electron chi connectivity index (χ3n) is 3.69. The Morgan fingerprint density at radius 1 is 0.960 bits per heavy atom. The normalized spacial score (nSPS) is 10.4. The number of benzene rings is 2. The van der Waals surface area contributed by atoms with Crippen LogP contribution in [-0.4, -0.2) is 31.4 Å². The van der Waals surface area contributed by atoms with Gasteiger partial charge in [0.15, 0.2) is 0 Å². The highest BCUT2D eigenvalue weighted by molar-refractivity contribution is 5.67. The summed E-state index contributed by atoms with van der Waals surface area (Å²) in [7, 11) is 1.58. The number of hydrogen-bond donors (Lipinski definition) is 1. The van der Waals surface area contributed by atoms with Crippen molar-refractivity contribution in [1.29, 1.82) is 0 Å². The lowest BCUT2D eigenvalue weighted by Crippen LogP contribution is -2.10. The van der Waals surface area contributed by atoms with Gasteiger partial charge in [0.25, 0.3) is 0 Å². The van der Waals surface area contributed by atoms with Crippen LogP contribution in [0.5, 0.6) is 17.2 Å². The summed E-state index contributed by atoms with van der Waals surface area (Å²) in [5.41, 5.74) is 3.15. The van der Waals surface area contributed by atoms with E-state index in [-0.39, 0.29) is 6.42 Å². The number of methoxy groups -OCH3 is 1. The highest BCUT2D eigenvalue weighted by Crippen LogP contribution is 2.26. The molecule has 2 aromatic rings. The number of aliphatic carboxylic acids is 1. The van der Waals surface area contributed by atoms with Crippen LogP contribution in [0.25, 0.3) is 0 Å². The van der Waals surface area contributed by atoms with E-state index in [2.05, 4.69) is 6.07 Å². The fraction of sp³-hybridized carbons (Fsp3) is 0.350. The molecule has 0 atom stereocenters. The Morgan fingerprint density at radius 2 is 1.64 bits per heavy atom. The van der Waals surface area contributed by atoms with Crippen molar-refractivity contribution in [2.24, 2.45) is 0 Å². The molecule has 2 aromatic carbocycles. The lowest BCUT2D eigenvalue weighted by atomic mass is 10.1. The van der Waals surface area contributed by atoms with Crippen molar-refractivity contribution >= 4 is 5.97 Å². The minimum absolute atomic E-state index is 0.0573. The summed E-state index contributed by atoms with van der Waals surface area (Å²) in [6.45, 7) is 4.82. The Balaban J connectivity index is 1.95. The number of ether oxygens (including phenoxy) is 3. The average Bonchev–Trinajstić information content (AvgIpc) is 2.56. The number of carbonyl (C=O) groups is 1. The van der Waals surface area contributed by atoms with Gasteiger partial charge in [-0.05, 0) is 55.2 Å². The first-order valence-corrected chi connectivity index (χ1v) is 8.20. The third kappa shape index (κ3) is 6.03. The first kappa shape index (κ1) is 18.6. The maximum atomic E-state index is 10.8. The number of carboxylic acids is 1.